The normalized spacial score (nSPS) is 16.6. The highest BCUT2D eigenvalue weighted by Crippen LogP contribution is 2.46. The minimum Gasteiger partial charge on any atom is -0.497 e. The SMILES string of the molecule is CCO/C=N\C1=C(C#N)C(c2ccc(OC)cc2)=C2c3cc(OC(C)=O)ccc3C=CC2O1. The summed E-state index contributed by atoms with van der Waals surface area (Å²) in [7, 11) is 1.60. The van der Waals surface area contributed by atoms with Gasteiger partial charge in [0.1, 0.15) is 29.2 Å². The van der Waals surface area contributed by atoms with Crippen LogP contribution in [0, 0.1) is 11.3 Å². The lowest BCUT2D eigenvalue weighted by Gasteiger charge is -2.31. The molecule has 0 aromatic heterocycles. The van der Waals surface area contributed by atoms with Crippen molar-refractivity contribution in [3.8, 4) is 17.6 Å². The summed E-state index contributed by atoms with van der Waals surface area (Å²) in [5.74, 6) is 0.882. The van der Waals surface area contributed by atoms with Crippen molar-refractivity contribution in [3.63, 3.8) is 0 Å². The van der Waals surface area contributed by atoms with Gasteiger partial charge < -0.3 is 18.9 Å². The Labute approximate surface area is 191 Å². The average Bonchev–Trinajstić information content (AvgIpc) is 2.82. The first kappa shape index (κ1) is 21.9. The van der Waals surface area contributed by atoms with Gasteiger partial charge in [-0.15, -0.1) is 0 Å². The quantitative estimate of drug-likeness (QED) is 0.277. The number of carbonyl (C=O) groups is 1. The lowest BCUT2D eigenvalue weighted by Crippen LogP contribution is -2.22. The monoisotopic (exact) mass is 442 g/mol. The summed E-state index contributed by atoms with van der Waals surface area (Å²) in [4.78, 5) is 15.8. The third-order valence-corrected chi connectivity index (χ3v) is 5.19. The average molecular weight is 442 g/mol. The first-order valence-corrected chi connectivity index (χ1v) is 10.4. The van der Waals surface area contributed by atoms with Gasteiger partial charge in [-0.25, -0.2) is 0 Å². The van der Waals surface area contributed by atoms with Crippen LogP contribution >= 0.6 is 0 Å². The molecule has 1 aliphatic heterocycles. The van der Waals surface area contributed by atoms with E-state index in [1.54, 1.807) is 19.2 Å². The van der Waals surface area contributed by atoms with E-state index in [0.717, 1.165) is 22.3 Å². The maximum atomic E-state index is 11.5. The molecule has 0 saturated carbocycles. The number of rotatable bonds is 6. The number of ether oxygens (including phenoxy) is 4. The predicted octanol–water partition coefficient (Wildman–Crippen LogP) is 4.76. The number of aliphatic imine (C=N–C) groups is 1. The highest BCUT2D eigenvalue weighted by molar-refractivity contribution is 6.06. The van der Waals surface area contributed by atoms with Crippen LogP contribution in [0.1, 0.15) is 30.5 Å². The van der Waals surface area contributed by atoms with Gasteiger partial charge in [-0.1, -0.05) is 24.3 Å². The first-order chi connectivity index (χ1) is 16.0. The zero-order chi connectivity index (χ0) is 23.4. The number of fused-ring (bicyclic) bond motifs is 3. The lowest BCUT2D eigenvalue weighted by molar-refractivity contribution is -0.131. The summed E-state index contributed by atoms with van der Waals surface area (Å²) in [5, 5.41) is 10.1. The van der Waals surface area contributed by atoms with Crippen LogP contribution in [0.25, 0.3) is 17.2 Å². The molecule has 0 fully saturated rings. The summed E-state index contributed by atoms with van der Waals surface area (Å²) in [6.07, 6.45) is 4.64. The van der Waals surface area contributed by atoms with Crippen LogP contribution in [-0.4, -0.2) is 32.2 Å². The van der Waals surface area contributed by atoms with Gasteiger partial charge in [-0.3, -0.25) is 4.79 Å². The van der Waals surface area contributed by atoms with Crippen LogP contribution in [0.2, 0.25) is 0 Å². The number of carbonyl (C=O) groups excluding carboxylic acids is 1. The van der Waals surface area contributed by atoms with Crippen LogP contribution in [0.15, 0.2) is 65.0 Å². The third-order valence-electron chi connectivity index (χ3n) is 5.19. The summed E-state index contributed by atoms with van der Waals surface area (Å²) < 4.78 is 22.0. The van der Waals surface area contributed by atoms with E-state index in [-0.39, 0.29) is 11.5 Å². The number of hydrogen-bond acceptors (Lipinski definition) is 7. The second kappa shape index (κ2) is 9.45. The number of benzene rings is 2. The van der Waals surface area contributed by atoms with Gasteiger partial charge >= 0.3 is 5.97 Å². The van der Waals surface area contributed by atoms with Crippen molar-refractivity contribution in [2.45, 2.75) is 20.0 Å². The molecule has 2 aliphatic rings. The molecule has 1 heterocycles. The standard InChI is InChI=1S/C26H22N2O5/c1-4-31-15-28-26-22(14-27)24(18-6-9-19(30-3)10-7-18)25-21-13-20(32-16(2)29)11-5-17(21)8-12-23(25)33-26/h5-13,15,23H,4H2,1-3H3/b28-15-. The van der Waals surface area contributed by atoms with Gasteiger partial charge in [0.05, 0.1) is 13.7 Å². The van der Waals surface area contributed by atoms with Crippen LogP contribution < -0.4 is 9.47 Å². The largest absolute Gasteiger partial charge is 0.497 e. The van der Waals surface area contributed by atoms with Crippen LogP contribution in [0.5, 0.6) is 11.5 Å². The molecule has 0 spiro atoms. The summed E-state index contributed by atoms with van der Waals surface area (Å²) in [6, 6.07) is 15.1. The highest BCUT2D eigenvalue weighted by Gasteiger charge is 2.34. The Kier molecular flexibility index (Phi) is 6.27. The molecule has 7 heteroatoms. The number of methoxy groups -OCH3 is 1. The van der Waals surface area contributed by atoms with Gasteiger partial charge in [-0.2, -0.15) is 10.3 Å². The molecule has 1 unspecified atom stereocenters. The van der Waals surface area contributed by atoms with E-state index in [1.807, 2.05) is 49.4 Å². The van der Waals surface area contributed by atoms with Crippen molar-refractivity contribution >= 4 is 29.6 Å². The van der Waals surface area contributed by atoms with Crippen molar-refractivity contribution in [3.05, 3.63) is 76.7 Å². The number of allylic oxidation sites excluding steroid dienone is 2. The fourth-order valence-corrected chi connectivity index (χ4v) is 3.80. The third kappa shape index (κ3) is 4.37. The molecule has 0 radical (unpaired) electrons. The van der Waals surface area contributed by atoms with Crippen LogP contribution in [0.4, 0.5) is 0 Å². The maximum Gasteiger partial charge on any atom is 0.308 e. The molecular weight excluding hydrogens is 420 g/mol. The van der Waals surface area contributed by atoms with Crippen molar-refractivity contribution in [1.29, 1.82) is 5.26 Å². The topological polar surface area (TPSA) is 90.1 Å². The van der Waals surface area contributed by atoms with Gasteiger partial charge in [0.25, 0.3) is 0 Å². The molecule has 166 valence electrons. The number of esters is 1. The van der Waals surface area contributed by atoms with Gasteiger partial charge in [0.2, 0.25) is 5.88 Å². The Morgan fingerprint density at radius 2 is 1.97 bits per heavy atom. The second-order valence-electron chi connectivity index (χ2n) is 7.24. The summed E-state index contributed by atoms with van der Waals surface area (Å²) in [6.45, 7) is 3.64. The predicted molar refractivity (Wildman–Crippen MR) is 124 cm³/mol. The molecule has 4 rings (SSSR count). The van der Waals surface area contributed by atoms with Crippen LogP contribution in [0.3, 0.4) is 0 Å². The van der Waals surface area contributed by atoms with Crippen molar-refractivity contribution in [2.75, 3.05) is 13.7 Å². The van der Waals surface area contributed by atoms with E-state index in [0.29, 0.717) is 23.7 Å². The van der Waals surface area contributed by atoms with Gasteiger partial charge in [0, 0.05) is 18.1 Å². The highest BCUT2D eigenvalue weighted by atomic mass is 16.5. The zero-order valence-electron chi connectivity index (χ0n) is 18.5. The summed E-state index contributed by atoms with van der Waals surface area (Å²) in [5.41, 5.74) is 4.29. The molecule has 7 nitrogen and oxygen atoms in total. The lowest BCUT2D eigenvalue weighted by atomic mass is 9.81. The zero-order valence-corrected chi connectivity index (χ0v) is 18.5. The maximum absolute atomic E-state index is 11.5. The fraction of sp³-hybridized carbons (Fsp3) is 0.192. The van der Waals surface area contributed by atoms with E-state index in [2.05, 4.69) is 11.1 Å². The molecule has 1 aliphatic carbocycles. The Morgan fingerprint density at radius 3 is 2.64 bits per heavy atom. The van der Waals surface area contributed by atoms with Crippen molar-refractivity contribution in [2.24, 2.45) is 4.99 Å². The van der Waals surface area contributed by atoms with Crippen molar-refractivity contribution < 1.29 is 23.7 Å². The van der Waals surface area contributed by atoms with E-state index in [4.69, 9.17) is 18.9 Å². The van der Waals surface area contributed by atoms with Crippen molar-refractivity contribution in [1.82, 2.24) is 0 Å². The Morgan fingerprint density at radius 1 is 1.21 bits per heavy atom. The Bertz CT molecular complexity index is 1250. The number of hydrogen-bond donors (Lipinski definition) is 0. The van der Waals surface area contributed by atoms with Gasteiger partial charge in [-0.05, 0) is 54.0 Å². The number of nitriles is 1. The fourth-order valence-electron chi connectivity index (χ4n) is 3.80. The van der Waals surface area contributed by atoms with E-state index in [1.165, 1.54) is 13.3 Å². The van der Waals surface area contributed by atoms with Crippen LogP contribution in [-0.2, 0) is 14.3 Å². The Hall–Kier alpha value is -4.31. The molecule has 0 amide bonds. The first-order valence-electron chi connectivity index (χ1n) is 10.4. The molecular formula is C26H22N2O5. The molecule has 0 N–H and O–H groups in total. The molecule has 1 atom stereocenters. The molecule has 2 aromatic carbocycles. The molecule has 0 saturated heterocycles. The molecule has 33 heavy (non-hydrogen) atoms. The van der Waals surface area contributed by atoms with E-state index < -0.39 is 12.1 Å². The molecule has 0 bridgehead atoms. The number of nitrogens with zero attached hydrogens (tertiary/aromatic N) is 2. The minimum atomic E-state index is -0.493. The second-order valence-corrected chi connectivity index (χ2v) is 7.24. The molecule has 2 aromatic rings. The summed E-state index contributed by atoms with van der Waals surface area (Å²) >= 11 is 0. The van der Waals surface area contributed by atoms with E-state index in [9.17, 15) is 10.1 Å². The smallest absolute Gasteiger partial charge is 0.308 e. The minimum absolute atomic E-state index is 0.176. The van der Waals surface area contributed by atoms with E-state index >= 15 is 0 Å². The Balaban J connectivity index is 1.98. The van der Waals surface area contributed by atoms with Gasteiger partial charge in [0.15, 0.2) is 6.40 Å².